The van der Waals surface area contributed by atoms with Gasteiger partial charge >= 0.3 is 12.1 Å². The second-order valence-corrected chi connectivity index (χ2v) is 8.70. The number of carbonyl (C=O) groups is 2. The summed E-state index contributed by atoms with van der Waals surface area (Å²) in [4.78, 5) is 32.9. The number of ketones is 1. The normalized spacial score (nSPS) is 17.8. The fourth-order valence-electron chi connectivity index (χ4n) is 4.26. The first kappa shape index (κ1) is 23.7. The molecule has 0 amide bonds. The molecule has 6 nitrogen and oxygen atoms in total. The number of halogens is 4. The molecular weight excluding hydrogens is 471 g/mol. The highest BCUT2D eigenvalue weighted by Gasteiger charge is 2.50. The number of carboxylic acid groups (broad SMARTS) is 1. The minimum absolute atomic E-state index is 0.132. The summed E-state index contributed by atoms with van der Waals surface area (Å²) < 4.78 is 39.6. The minimum atomic E-state index is -4.65. The van der Waals surface area contributed by atoms with Crippen LogP contribution in [0.15, 0.2) is 54.9 Å². The molecule has 0 aliphatic heterocycles. The Hall–Kier alpha value is -3.46. The molecule has 10 heteroatoms. The molecule has 0 saturated heterocycles. The number of hydrogen-bond acceptors (Lipinski definition) is 5. The van der Waals surface area contributed by atoms with Crippen molar-refractivity contribution in [3.05, 3.63) is 71.0 Å². The summed E-state index contributed by atoms with van der Waals surface area (Å²) in [6.45, 7) is 0. The molecule has 0 saturated carbocycles. The molecule has 1 aromatic carbocycles. The molecule has 1 atom stereocenters. The third kappa shape index (κ3) is 5.20. The average molecular weight is 490 g/mol. The Balaban J connectivity index is 1.57. The van der Waals surface area contributed by atoms with Gasteiger partial charge in [0.25, 0.3) is 0 Å². The van der Waals surface area contributed by atoms with Gasteiger partial charge in [0, 0.05) is 17.3 Å². The second kappa shape index (κ2) is 9.06. The van der Waals surface area contributed by atoms with Gasteiger partial charge in [0.1, 0.15) is 5.82 Å². The molecule has 1 unspecified atom stereocenters. The molecule has 0 fully saturated rings. The molecule has 2 aromatic heterocycles. The molecule has 34 heavy (non-hydrogen) atoms. The van der Waals surface area contributed by atoms with Crippen molar-refractivity contribution >= 4 is 34.9 Å². The molecule has 0 bridgehead atoms. The van der Waals surface area contributed by atoms with Gasteiger partial charge in [0.15, 0.2) is 5.78 Å². The molecule has 2 N–H and O–H groups in total. The predicted octanol–water partition coefficient (Wildman–Crippen LogP) is 6.08. The molecule has 2 heterocycles. The van der Waals surface area contributed by atoms with Gasteiger partial charge in [-0.3, -0.25) is 14.6 Å². The Kier molecular flexibility index (Phi) is 6.31. The lowest BCUT2D eigenvalue weighted by Crippen LogP contribution is -2.41. The maximum absolute atomic E-state index is 13.2. The number of pyridine rings is 2. The molecule has 0 spiro atoms. The van der Waals surface area contributed by atoms with Gasteiger partial charge in [-0.1, -0.05) is 23.7 Å². The van der Waals surface area contributed by atoms with Crippen molar-refractivity contribution in [2.45, 2.75) is 31.9 Å². The van der Waals surface area contributed by atoms with E-state index in [1.54, 1.807) is 42.6 Å². The first-order chi connectivity index (χ1) is 16.0. The van der Waals surface area contributed by atoms with Gasteiger partial charge in [0.2, 0.25) is 0 Å². The number of carboxylic acids is 1. The Labute approximate surface area is 197 Å². The Bertz CT molecular complexity index is 1230. The van der Waals surface area contributed by atoms with Gasteiger partial charge in [-0.25, -0.2) is 4.98 Å². The summed E-state index contributed by atoms with van der Waals surface area (Å²) in [7, 11) is 0. The van der Waals surface area contributed by atoms with Crippen LogP contribution in [0.4, 0.5) is 24.7 Å². The van der Waals surface area contributed by atoms with Crippen molar-refractivity contribution in [1.82, 2.24) is 9.97 Å². The molecule has 3 aromatic rings. The van der Waals surface area contributed by atoms with Crippen molar-refractivity contribution in [1.29, 1.82) is 0 Å². The summed E-state index contributed by atoms with van der Waals surface area (Å²) in [6.07, 6.45) is -3.85. The first-order valence-corrected chi connectivity index (χ1v) is 10.7. The van der Waals surface area contributed by atoms with E-state index in [-0.39, 0.29) is 18.4 Å². The van der Waals surface area contributed by atoms with Crippen LogP contribution in [-0.4, -0.2) is 33.0 Å². The quantitative estimate of drug-likeness (QED) is 0.436. The van der Waals surface area contributed by atoms with Gasteiger partial charge in [-0.2, -0.15) is 13.2 Å². The zero-order valence-electron chi connectivity index (χ0n) is 17.7. The SMILES string of the molecule is O=C(O)CC1(CC(F)(F)F)CCc2cc(-c3ccc(Nc4ccc(Cl)cn4)cn3)ccc2C1=O. The zero-order valence-corrected chi connectivity index (χ0v) is 18.5. The van der Waals surface area contributed by atoms with Crippen LogP contribution in [0, 0.1) is 5.41 Å². The number of aryl methyl sites for hydroxylation is 1. The predicted molar refractivity (Wildman–Crippen MR) is 120 cm³/mol. The summed E-state index contributed by atoms with van der Waals surface area (Å²) in [5.74, 6) is -1.61. The number of nitrogens with zero attached hydrogens (tertiary/aromatic N) is 2. The maximum Gasteiger partial charge on any atom is 0.390 e. The van der Waals surface area contributed by atoms with Crippen LogP contribution in [0.1, 0.15) is 35.2 Å². The lowest BCUT2D eigenvalue weighted by molar-refractivity contribution is -0.160. The summed E-state index contributed by atoms with van der Waals surface area (Å²) in [6, 6.07) is 11.8. The molecule has 4 rings (SSSR count). The van der Waals surface area contributed by atoms with Gasteiger partial charge < -0.3 is 10.4 Å². The highest BCUT2D eigenvalue weighted by Crippen LogP contribution is 2.46. The molecular formula is C24H19ClF3N3O3. The Morgan fingerprint density at radius 1 is 1.12 bits per heavy atom. The van der Waals surface area contributed by atoms with Crippen LogP contribution in [0.2, 0.25) is 5.02 Å². The second-order valence-electron chi connectivity index (χ2n) is 8.26. The summed E-state index contributed by atoms with van der Waals surface area (Å²) in [5.41, 5.74) is 0.733. The van der Waals surface area contributed by atoms with E-state index in [4.69, 9.17) is 11.6 Å². The maximum atomic E-state index is 13.2. The van der Waals surface area contributed by atoms with Crippen molar-refractivity contribution in [3.8, 4) is 11.3 Å². The van der Waals surface area contributed by atoms with E-state index in [0.717, 1.165) is 0 Å². The fourth-order valence-corrected chi connectivity index (χ4v) is 4.38. The Morgan fingerprint density at radius 3 is 2.53 bits per heavy atom. The van der Waals surface area contributed by atoms with Crippen LogP contribution >= 0.6 is 11.6 Å². The molecule has 1 aliphatic rings. The number of alkyl halides is 3. The topological polar surface area (TPSA) is 92.2 Å². The van der Waals surface area contributed by atoms with E-state index >= 15 is 0 Å². The third-order valence-corrected chi connectivity index (χ3v) is 6.02. The van der Waals surface area contributed by atoms with Gasteiger partial charge in [0.05, 0.1) is 40.9 Å². The monoisotopic (exact) mass is 489 g/mol. The number of nitrogens with one attached hydrogen (secondary N) is 1. The fraction of sp³-hybridized carbons (Fsp3) is 0.250. The number of fused-ring (bicyclic) bond motifs is 1. The number of aromatic nitrogens is 2. The van der Waals surface area contributed by atoms with Crippen LogP contribution in [0.25, 0.3) is 11.3 Å². The van der Waals surface area contributed by atoms with Crippen LogP contribution < -0.4 is 5.32 Å². The Morgan fingerprint density at radius 2 is 1.91 bits per heavy atom. The van der Waals surface area contributed by atoms with Gasteiger partial charge in [-0.15, -0.1) is 0 Å². The van der Waals surface area contributed by atoms with Crippen LogP contribution in [0.5, 0.6) is 0 Å². The number of aliphatic carboxylic acids is 1. The van der Waals surface area contributed by atoms with Crippen LogP contribution in [0.3, 0.4) is 0 Å². The largest absolute Gasteiger partial charge is 0.481 e. The molecule has 0 radical (unpaired) electrons. The van der Waals surface area contributed by atoms with E-state index < -0.39 is 36.2 Å². The van der Waals surface area contributed by atoms with E-state index in [1.165, 1.54) is 12.3 Å². The smallest absolute Gasteiger partial charge is 0.390 e. The van der Waals surface area contributed by atoms with E-state index in [2.05, 4.69) is 15.3 Å². The standard InChI is InChI=1S/C24H19ClF3N3O3/c25-16-2-6-20(30-11-16)31-17-3-5-19(29-12-17)15-1-4-18-14(9-15)7-8-23(22(18)34,10-21(32)33)13-24(26,27)28/h1-6,9,11-12H,7-8,10,13H2,(H,30,31)(H,32,33). The lowest BCUT2D eigenvalue weighted by atomic mass is 9.66. The van der Waals surface area contributed by atoms with Crippen molar-refractivity contribution < 1.29 is 27.9 Å². The van der Waals surface area contributed by atoms with Crippen molar-refractivity contribution in [2.75, 3.05) is 5.32 Å². The summed E-state index contributed by atoms with van der Waals surface area (Å²) in [5, 5.41) is 12.8. The number of benzene rings is 1. The number of carbonyl (C=O) groups excluding carboxylic acids is 1. The zero-order chi connectivity index (χ0) is 24.5. The summed E-state index contributed by atoms with van der Waals surface area (Å²) >= 11 is 5.83. The number of anilines is 2. The van der Waals surface area contributed by atoms with Crippen molar-refractivity contribution in [3.63, 3.8) is 0 Å². The van der Waals surface area contributed by atoms with E-state index in [0.29, 0.717) is 33.3 Å². The first-order valence-electron chi connectivity index (χ1n) is 10.4. The average Bonchev–Trinajstić information content (AvgIpc) is 2.77. The number of rotatable bonds is 6. The van der Waals surface area contributed by atoms with Crippen LogP contribution in [-0.2, 0) is 11.2 Å². The number of hydrogen-bond donors (Lipinski definition) is 2. The molecule has 1 aliphatic carbocycles. The minimum Gasteiger partial charge on any atom is -0.481 e. The number of Topliss-reactive ketones (excluding diaryl/α,β-unsaturated/α-hetero) is 1. The highest BCUT2D eigenvalue weighted by molar-refractivity contribution is 6.30. The highest BCUT2D eigenvalue weighted by atomic mass is 35.5. The van der Waals surface area contributed by atoms with Gasteiger partial charge in [-0.05, 0) is 48.7 Å². The molecule has 176 valence electrons. The van der Waals surface area contributed by atoms with Crippen molar-refractivity contribution in [2.24, 2.45) is 5.41 Å². The van der Waals surface area contributed by atoms with E-state index in [1.807, 2.05) is 0 Å². The van der Waals surface area contributed by atoms with E-state index in [9.17, 15) is 27.9 Å². The third-order valence-electron chi connectivity index (χ3n) is 5.79. The lowest BCUT2D eigenvalue weighted by Gasteiger charge is -2.36.